The van der Waals surface area contributed by atoms with Crippen molar-refractivity contribution in [2.45, 2.75) is 70.6 Å². The van der Waals surface area contributed by atoms with Crippen molar-refractivity contribution in [1.82, 2.24) is 0 Å². The molecule has 1 heterocycles. The van der Waals surface area contributed by atoms with E-state index in [4.69, 9.17) is 4.74 Å². The van der Waals surface area contributed by atoms with E-state index >= 15 is 0 Å². The minimum absolute atomic E-state index is 0.146. The Kier molecular flexibility index (Phi) is 7.69. The summed E-state index contributed by atoms with van der Waals surface area (Å²) in [5, 5.41) is 0. The van der Waals surface area contributed by atoms with Gasteiger partial charge in [0.05, 0.1) is 6.61 Å². The van der Waals surface area contributed by atoms with Gasteiger partial charge in [-0.3, -0.25) is 9.59 Å². The van der Waals surface area contributed by atoms with Crippen LogP contribution in [0.5, 0.6) is 0 Å². The summed E-state index contributed by atoms with van der Waals surface area (Å²) in [7, 11) is 0. The molecule has 0 radical (unpaired) electrons. The maximum Gasteiger partial charge on any atom is 0.305 e. The minimum atomic E-state index is -0.146. The number of carbonyl (C=O) groups excluding carboxylic acids is 2. The maximum absolute atomic E-state index is 11.4. The highest BCUT2D eigenvalue weighted by atomic mass is 16.5. The highest BCUT2D eigenvalue weighted by Gasteiger charge is 2.06. The van der Waals surface area contributed by atoms with Gasteiger partial charge in [-0.05, 0) is 12.8 Å². The van der Waals surface area contributed by atoms with Gasteiger partial charge in [0.2, 0.25) is 0 Å². The summed E-state index contributed by atoms with van der Waals surface area (Å²) in [5.41, 5.74) is 0. The topological polar surface area (TPSA) is 43.4 Å². The van der Waals surface area contributed by atoms with E-state index in [-0.39, 0.29) is 18.4 Å². The summed E-state index contributed by atoms with van der Waals surface area (Å²) < 4.78 is 5.03. The van der Waals surface area contributed by atoms with Crippen LogP contribution in [-0.4, -0.2) is 18.4 Å². The van der Waals surface area contributed by atoms with Gasteiger partial charge in [-0.25, -0.2) is 0 Å². The lowest BCUT2D eigenvalue weighted by Gasteiger charge is -2.03. The maximum atomic E-state index is 11.4. The number of ether oxygens (including phenoxy) is 1. The number of cyclic esters (lactones) is 1. The van der Waals surface area contributed by atoms with Gasteiger partial charge < -0.3 is 4.74 Å². The molecule has 1 aliphatic rings. The van der Waals surface area contributed by atoms with Crippen molar-refractivity contribution in [3.63, 3.8) is 0 Å². The van der Waals surface area contributed by atoms with Crippen LogP contribution in [-0.2, 0) is 14.3 Å². The van der Waals surface area contributed by atoms with Gasteiger partial charge in [-0.2, -0.15) is 0 Å². The molecule has 0 saturated carbocycles. The van der Waals surface area contributed by atoms with Crippen LogP contribution >= 0.6 is 0 Å². The van der Waals surface area contributed by atoms with Gasteiger partial charge >= 0.3 is 5.97 Å². The summed E-state index contributed by atoms with van der Waals surface area (Å²) in [5.74, 6) is 0.0837. The van der Waals surface area contributed by atoms with E-state index in [9.17, 15) is 9.59 Å². The van der Waals surface area contributed by atoms with Gasteiger partial charge in [-0.15, -0.1) is 0 Å². The zero-order valence-corrected chi connectivity index (χ0v) is 10.7. The SMILES string of the molecule is O=C1CCCCCCCCCCC(=O)OCC1. The second-order valence-corrected chi connectivity index (χ2v) is 4.84. The van der Waals surface area contributed by atoms with Gasteiger partial charge in [0.15, 0.2) is 0 Å². The number of hydrogen-bond acceptors (Lipinski definition) is 3. The van der Waals surface area contributed by atoms with Crippen LogP contribution in [0.4, 0.5) is 0 Å². The zero-order valence-electron chi connectivity index (χ0n) is 10.7. The average molecular weight is 240 g/mol. The van der Waals surface area contributed by atoms with Crippen LogP contribution in [0, 0.1) is 0 Å². The summed E-state index contributed by atoms with van der Waals surface area (Å²) in [6.45, 7) is 0.275. The van der Waals surface area contributed by atoms with Crippen LogP contribution < -0.4 is 0 Å². The van der Waals surface area contributed by atoms with E-state index in [1.165, 1.54) is 25.7 Å². The third-order valence-electron chi connectivity index (χ3n) is 3.23. The van der Waals surface area contributed by atoms with Crippen molar-refractivity contribution in [2.75, 3.05) is 6.61 Å². The standard InChI is InChI=1S/C14H24O3/c15-13-9-7-5-3-1-2-4-6-8-10-14(16)17-12-11-13/h1-12H2. The van der Waals surface area contributed by atoms with E-state index in [2.05, 4.69) is 0 Å². The summed E-state index contributed by atoms with van der Waals surface area (Å²) >= 11 is 0. The Hall–Kier alpha value is -0.860. The van der Waals surface area contributed by atoms with Crippen molar-refractivity contribution in [3.8, 4) is 0 Å². The van der Waals surface area contributed by atoms with Crippen molar-refractivity contribution < 1.29 is 14.3 Å². The molecular weight excluding hydrogens is 216 g/mol. The Bertz CT molecular complexity index is 212. The Morgan fingerprint density at radius 2 is 1.18 bits per heavy atom. The number of ketones is 1. The van der Waals surface area contributed by atoms with E-state index in [0.717, 1.165) is 25.7 Å². The van der Waals surface area contributed by atoms with E-state index in [0.29, 0.717) is 19.3 Å². The molecular formula is C14H24O3. The largest absolute Gasteiger partial charge is 0.465 e. The van der Waals surface area contributed by atoms with Gasteiger partial charge in [0, 0.05) is 19.3 Å². The second-order valence-electron chi connectivity index (χ2n) is 4.84. The highest BCUT2D eigenvalue weighted by Crippen LogP contribution is 2.12. The first-order valence-electron chi connectivity index (χ1n) is 6.96. The second kappa shape index (κ2) is 9.20. The molecule has 0 aromatic carbocycles. The van der Waals surface area contributed by atoms with Crippen molar-refractivity contribution in [2.24, 2.45) is 0 Å². The monoisotopic (exact) mass is 240 g/mol. The Balaban J connectivity index is 2.24. The van der Waals surface area contributed by atoms with Gasteiger partial charge in [0.25, 0.3) is 0 Å². The van der Waals surface area contributed by atoms with E-state index in [1.54, 1.807) is 0 Å². The molecule has 0 N–H and O–H groups in total. The Morgan fingerprint density at radius 3 is 1.82 bits per heavy atom. The highest BCUT2D eigenvalue weighted by molar-refractivity contribution is 5.78. The zero-order chi connectivity index (χ0) is 12.3. The average Bonchev–Trinajstić information content (AvgIpc) is 2.31. The number of rotatable bonds is 0. The molecule has 0 bridgehead atoms. The molecule has 0 aliphatic carbocycles. The molecule has 0 aromatic rings. The van der Waals surface area contributed by atoms with Crippen LogP contribution in [0.2, 0.25) is 0 Å². The third-order valence-corrected chi connectivity index (χ3v) is 3.23. The first kappa shape index (κ1) is 14.2. The van der Waals surface area contributed by atoms with Crippen LogP contribution in [0.15, 0.2) is 0 Å². The van der Waals surface area contributed by atoms with Gasteiger partial charge in [0.1, 0.15) is 5.78 Å². The lowest BCUT2D eigenvalue weighted by molar-refractivity contribution is -0.144. The number of carbonyl (C=O) groups is 2. The van der Waals surface area contributed by atoms with Crippen LogP contribution in [0.1, 0.15) is 70.6 Å². The van der Waals surface area contributed by atoms with Gasteiger partial charge in [-0.1, -0.05) is 38.5 Å². The fraction of sp³-hybridized carbons (Fsp3) is 0.857. The number of esters is 1. The molecule has 0 unspecified atom stereocenters. The lowest BCUT2D eigenvalue weighted by atomic mass is 10.1. The first-order chi connectivity index (χ1) is 8.29. The molecule has 1 rings (SSSR count). The predicted molar refractivity (Wildman–Crippen MR) is 66.8 cm³/mol. The molecule has 3 heteroatoms. The molecule has 0 spiro atoms. The Morgan fingerprint density at radius 1 is 0.647 bits per heavy atom. The fourth-order valence-corrected chi connectivity index (χ4v) is 2.13. The third kappa shape index (κ3) is 7.94. The molecule has 98 valence electrons. The Labute approximate surface area is 104 Å². The van der Waals surface area contributed by atoms with Crippen LogP contribution in [0.3, 0.4) is 0 Å². The smallest absolute Gasteiger partial charge is 0.305 e. The first-order valence-corrected chi connectivity index (χ1v) is 6.96. The normalized spacial score (nSPS) is 22.4. The van der Waals surface area contributed by atoms with E-state index < -0.39 is 0 Å². The molecule has 3 nitrogen and oxygen atoms in total. The quantitative estimate of drug-likeness (QED) is 0.609. The van der Waals surface area contributed by atoms with E-state index in [1.807, 2.05) is 0 Å². The summed E-state index contributed by atoms with van der Waals surface area (Å²) in [4.78, 5) is 22.7. The lowest BCUT2D eigenvalue weighted by Crippen LogP contribution is -2.09. The molecule has 0 amide bonds. The van der Waals surface area contributed by atoms with Crippen molar-refractivity contribution in [3.05, 3.63) is 0 Å². The molecule has 0 atom stereocenters. The van der Waals surface area contributed by atoms with Crippen molar-refractivity contribution >= 4 is 11.8 Å². The molecule has 17 heavy (non-hydrogen) atoms. The molecule has 1 saturated heterocycles. The number of Topliss-reactive ketones (excluding diaryl/α,β-unsaturated/α-hetero) is 1. The molecule has 0 aromatic heterocycles. The van der Waals surface area contributed by atoms with Crippen molar-refractivity contribution in [1.29, 1.82) is 0 Å². The van der Waals surface area contributed by atoms with Crippen LogP contribution in [0.25, 0.3) is 0 Å². The number of hydrogen-bond donors (Lipinski definition) is 0. The summed E-state index contributed by atoms with van der Waals surface area (Å²) in [6.07, 6.45) is 10.7. The predicted octanol–water partition coefficient (Wildman–Crippen LogP) is 3.40. The molecule has 1 fully saturated rings. The fourth-order valence-electron chi connectivity index (χ4n) is 2.13. The minimum Gasteiger partial charge on any atom is -0.465 e. The molecule has 1 aliphatic heterocycles. The summed E-state index contributed by atoms with van der Waals surface area (Å²) in [6, 6.07) is 0.